The van der Waals surface area contributed by atoms with Crippen molar-refractivity contribution in [2.75, 3.05) is 0 Å². The molecule has 0 bridgehead atoms. The van der Waals surface area contributed by atoms with Crippen molar-refractivity contribution < 1.29 is 9.53 Å². The van der Waals surface area contributed by atoms with Gasteiger partial charge in [0.2, 0.25) is 0 Å². The third-order valence-electron chi connectivity index (χ3n) is 4.83. The number of carbonyl (C=O) groups excluding carboxylic acids is 1. The maximum atomic E-state index is 12.6. The van der Waals surface area contributed by atoms with E-state index >= 15 is 0 Å². The van der Waals surface area contributed by atoms with Gasteiger partial charge in [-0.05, 0) is 86.2 Å². The number of ether oxygens (including phenoxy) is 1. The topological polar surface area (TPSA) is 26.3 Å². The van der Waals surface area contributed by atoms with Crippen molar-refractivity contribution in [3.8, 4) is 16.9 Å². The molecule has 3 aromatic carbocycles. The van der Waals surface area contributed by atoms with E-state index in [1.54, 1.807) is 0 Å². The lowest BCUT2D eigenvalue weighted by molar-refractivity contribution is 0.0734. The number of esters is 1. The summed E-state index contributed by atoms with van der Waals surface area (Å²) in [6.45, 7) is 10.2. The molecule has 0 atom stereocenters. The summed E-state index contributed by atoms with van der Waals surface area (Å²) in [7, 11) is 0. The van der Waals surface area contributed by atoms with Crippen LogP contribution in [0.4, 0.5) is 0 Å². The molecule has 0 heterocycles. The maximum absolute atomic E-state index is 12.6. The molecule has 0 aromatic heterocycles. The number of hydrogen-bond acceptors (Lipinski definition) is 2. The SMILES string of the molecule is Cc1ccc(-c2ccc(C(=O)Oc3ccc(C)c(C)c3)c(C)c2)c(C)c1. The van der Waals surface area contributed by atoms with Crippen LogP contribution in [-0.2, 0) is 0 Å². The Kier molecular flexibility index (Phi) is 4.94. The van der Waals surface area contributed by atoms with E-state index in [1.807, 2.05) is 51.1 Å². The van der Waals surface area contributed by atoms with E-state index in [4.69, 9.17) is 4.74 Å². The number of carbonyl (C=O) groups is 1. The summed E-state index contributed by atoms with van der Waals surface area (Å²) in [6, 6.07) is 18.0. The van der Waals surface area contributed by atoms with Crippen molar-refractivity contribution in [3.05, 3.63) is 88.0 Å². The molecule has 3 aromatic rings. The monoisotopic (exact) mass is 344 g/mol. The van der Waals surface area contributed by atoms with Gasteiger partial charge in [0.05, 0.1) is 5.56 Å². The second-order valence-electron chi connectivity index (χ2n) is 6.98. The molecule has 0 N–H and O–H groups in total. The zero-order valence-corrected chi connectivity index (χ0v) is 16.0. The van der Waals surface area contributed by atoms with Gasteiger partial charge in [-0.2, -0.15) is 0 Å². The third-order valence-corrected chi connectivity index (χ3v) is 4.83. The highest BCUT2D eigenvalue weighted by Crippen LogP contribution is 2.27. The van der Waals surface area contributed by atoms with E-state index in [2.05, 4.69) is 38.1 Å². The average molecular weight is 344 g/mol. The van der Waals surface area contributed by atoms with Gasteiger partial charge in [0.15, 0.2) is 0 Å². The maximum Gasteiger partial charge on any atom is 0.343 e. The molecule has 0 aliphatic rings. The van der Waals surface area contributed by atoms with Crippen LogP contribution >= 0.6 is 0 Å². The average Bonchev–Trinajstić information content (AvgIpc) is 2.58. The molecule has 26 heavy (non-hydrogen) atoms. The van der Waals surface area contributed by atoms with Crippen molar-refractivity contribution >= 4 is 5.97 Å². The van der Waals surface area contributed by atoms with E-state index in [0.717, 1.165) is 16.7 Å². The van der Waals surface area contributed by atoms with Crippen LogP contribution in [0, 0.1) is 34.6 Å². The van der Waals surface area contributed by atoms with Gasteiger partial charge in [-0.25, -0.2) is 4.79 Å². The van der Waals surface area contributed by atoms with Crippen LogP contribution in [-0.4, -0.2) is 5.97 Å². The van der Waals surface area contributed by atoms with Crippen LogP contribution in [0.15, 0.2) is 54.6 Å². The van der Waals surface area contributed by atoms with E-state index in [-0.39, 0.29) is 5.97 Å². The summed E-state index contributed by atoms with van der Waals surface area (Å²) in [5, 5.41) is 0. The fraction of sp³-hybridized carbons (Fsp3) is 0.208. The van der Waals surface area contributed by atoms with Crippen LogP contribution in [0.2, 0.25) is 0 Å². The number of hydrogen-bond donors (Lipinski definition) is 0. The highest BCUT2D eigenvalue weighted by atomic mass is 16.5. The minimum absolute atomic E-state index is 0.321. The minimum atomic E-state index is -0.321. The van der Waals surface area contributed by atoms with Gasteiger partial charge < -0.3 is 4.74 Å². The predicted molar refractivity (Wildman–Crippen MR) is 107 cm³/mol. The first-order chi connectivity index (χ1) is 12.3. The molecular weight excluding hydrogens is 320 g/mol. The summed E-state index contributed by atoms with van der Waals surface area (Å²) >= 11 is 0. The van der Waals surface area contributed by atoms with Gasteiger partial charge in [0.25, 0.3) is 0 Å². The zero-order chi connectivity index (χ0) is 18.8. The number of benzene rings is 3. The molecule has 2 heteroatoms. The first kappa shape index (κ1) is 17.9. The van der Waals surface area contributed by atoms with Gasteiger partial charge in [0.1, 0.15) is 5.75 Å². The van der Waals surface area contributed by atoms with E-state index < -0.39 is 0 Å². The summed E-state index contributed by atoms with van der Waals surface area (Å²) < 4.78 is 5.56. The van der Waals surface area contributed by atoms with Gasteiger partial charge in [-0.1, -0.05) is 42.0 Å². The molecule has 0 radical (unpaired) electrons. The smallest absolute Gasteiger partial charge is 0.343 e. The number of aryl methyl sites for hydroxylation is 5. The van der Waals surface area contributed by atoms with Crippen LogP contribution in [0.25, 0.3) is 11.1 Å². The van der Waals surface area contributed by atoms with Gasteiger partial charge in [-0.15, -0.1) is 0 Å². The molecular formula is C24H24O2. The Morgan fingerprint density at radius 1 is 0.692 bits per heavy atom. The third kappa shape index (κ3) is 3.70. The summed E-state index contributed by atoms with van der Waals surface area (Å²) in [5.41, 5.74) is 8.57. The van der Waals surface area contributed by atoms with Gasteiger partial charge in [-0.3, -0.25) is 0 Å². The van der Waals surface area contributed by atoms with Crippen molar-refractivity contribution in [2.24, 2.45) is 0 Å². The summed E-state index contributed by atoms with van der Waals surface area (Å²) in [6.07, 6.45) is 0. The first-order valence-electron chi connectivity index (χ1n) is 8.83. The number of rotatable bonds is 3. The fourth-order valence-corrected chi connectivity index (χ4v) is 3.14. The van der Waals surface area contributed by atoms with E-state index in [9.17, 15) is 4.79 Å². The zero-order valence-electron chi connectivity index (χ0n) is 16.0. The van der Waals surface area contributed by atoms with Gasteiger partial charge in [0, 0.05) is 0 Å². The van der Waals surface area contributed by atoms with Crippen molar-refractivity contribution in [2.45, 2.75) is 34.6 Å². The highest BCUT2D eigenvalue weighted by Gasteiger charge is 2.13. The molecule has 3 rings (SSSR count). The molecule has 0 aliphatic heterocycles. The van der Waals surface area contributed by atoms with Crippen LogP contribution in [0.1, 0.15) is 38.2 Å². The molecule has 0 fully saturated rings. The Labute approximate surface area is 155 Å². The molecule has 0 amide bonds. The van der Waals surface area contributed by atoms with E-state index in [0.29, 0.717) is 11.3 Å². The largest absolute Gasteiger partial charge is 0.423 e. The Bertz CT molecular complexity index is 983. The van der Waals surface area contributed by atoms with Crippen LogP contribution in [0.3, 0.4) is 0 Å². The molecule has 132 valence electrons. The Balaban J connectivity index is 1.87. The van der Waals surface area contributed by atoms with Gasteiger partial charge >= 0.3 is 5.97 Å². The Morgan fingerprint density at radius 2 is 1.46 bits per heavy atom. The Morgan fingerprint density at radius 3 is 2.12 bits per heavy atom. The lowest BCUT2D eigenvalue weighted by Crippen LogP contribution is -2.10. The van der Waals surface area contributed by atoms with Crippen molar-refractivity contribution in [1.29, 1.82) is 0 Å². The molecule has 2 nitrogen and oxygen atoms in total. The van der Waals surface area contributed by atoms with Crippen molar-refractivity contribution in [1.82, 2.24) is 0 Å². The quantitative estimate of drug-likeness (QED) is 0.423. The van der Waals surface area contributed by atoms with E-state index in [1.165, 1.54) is 22.3 Å². The molecule has 0 spiro atoms. The molecule has 0 aliphatic carbocycles. The van der Waals surface area contributed by atoms with Crippen LogP contribution < -0.4 is 4.74 Å². The normalized spacial score (nSPS) is 10.7. The van der Waals surface area contributed by atoms with Crippen molar-refractivity contribution in [3.63, 3.8) is 0 Å². The molecule has 0 saturated heterocycles. The summed E-state index contributed by atoms with van der Waals surface area (Å²) in [4.78, 5) is 12.6. The first-order valence-corrected chi connectivity index (χ1v) is 8.83. The molecule has 0 saturated carbocycles. The minimum Gasteiger partial charge on any atom is -0.423 e. The summed E-state index contributed by atoms with van der Waals surface area (Å²) in [5.74, 6) is 0.258. The van der Waals surface area contributed by atoms with Crippen LogP contribution in [0.5, 0.6) is 5.75 Å². The lowest BCUT2D eigenvalue weighted by atomic mass is 9.96. The molecule has 0 unspecified atom stereocenters. The Hall–Kier alpha value is -2.87. The fourth-order valence-electron chi connectivity index (χ4n) is 3.14. The second-order valence-corrected chi connectivity index (χ2v) is 6.98. The predicted octanol–water partition coefficient (Wildman–Crippen LogP) is 6.11. The lowest BCUT2D eigenvalue weighted by Gasteiger charge is -2.12. The highest BCUT2D eigenvalue weighted by molar-refractivity contribution is 5.93. The second kappa shape index (κ2) is 7.17. The standard InChI is InChI=1S/C24H24O2/c1-15-6-10-22(18(4)12-15)20-8-11-23(19(5)13-20)24(25)26-21-9-7-16(2)17(3)14-21/h6-14H,1-5H3.